The zero-order chi connectivity index (χ0) is 16.9. The van der Waals surface area contributed by atoms with E-state index >= 15 is 0 Å². The van der Waals surface area contributed by atoms with Crippen LogP contribution in [-0.4, -0.2) is 22.7 Å². The number of fused-ring (bicyclic) bond motifs is 7. The molecule has 2 aliphatic carbocycles. The number of benzene rings is 1. The van der Waals surface area contributed by atoms with Gasteiger partial charge in [0.1, 0.15) is 0 Å². The molecule has 2 aromatic rings. The van der Waals surface area contributed by atoms with Crippen LogP contribution >= 0.6 is 0 Å². The molecule has 5 rings (SSSR count). The maximum Gasteiger partial charge on any atom is 0.231 e. The summed E-state index contributed by atoms with van der Waals surface area (Å²) in [7, 11) is 0. The molecule has 24 heavy (non-hydrogen) atoms. The molecule has 3 aliphatic rings. The van der Waals surface area contributed by atoms with Crippen molar-refractivity contribution in [3.05, 3.63) is 23.5 Å². The first-order valence-corrected chi connectivity index (χ1v) is 8.23. The minimum atomic E-state index is -0.755. The molecule has 6 nitrogen and oxygen atoms in total. The number of primary amides is 1. The number of carbonyl (C=O) groups is 1. The Morgan fingerprint density at radius 3 is 2.21 bits per heavy atom. The van der Waals surface area contributed by atoms with Gasteiger partial charge in [-0.2, -0.15) is 0 Å². The number of amides is 1. The van der Waals surface area contributed by atoms with Crippen molar-refractivity contribution in [1.82, 2.24) is 9.97 Å². The Hall–Kier alpha value is -2.37. The number of nitrogens with zero attached hydrogens (tertiary/aromatic N) is 2. The van der Waals surface area contributed by atoms with E-state index in [1.54, 1.807) is 0 Å². The van der Waals surface area contributed by atoms with Gasteiger partial charge in [-0.1, -0.05) is 20.8 Å². The van der Waals surface area contributed by atoms with Crippen molar-refractivity contribution in [3.8, 4) is 11.5 Å². The number of hydrogen-bond donors (Lipinski definition) is 1. The Bertz CT molecular complexity index is 939. The normalized spacial score (nSPS) is 31.5. The van der Waals surface area contributed by atoms with Gasteiger partial charge < -0.3 is 15.2 Å². The van der Waals surface area contributed by atoms with Gasteiger partial charge in [0.15, 0.2) is 11.5 Å². The van der Waals surface area contributed by atoms with Crippen LogP contribution in [0.1, 0.15) is 45.0 Å². The van der Waals surface area contributed by atoms with E-state index in [-0.39, 0.29) is 23.5 Å². The second-order valence-electron chi connectivity index (χ2n) is 7.84. The molecule has 1 aliphatic heterocycles. The molecule has 2 unspecified atom stereocenters. The average Bonchev–Trinajstić information content (AvgIpc) is 3.09. The summed E-state index contributed by atoms with van der Waals surface area (Å²) in [5.74, 6) is 1.05. The lowest BCUT2D eigenvalue weighted by Gasteiger charge is -2.38. The summed E-state index contributed by atoms with van der Waals surface area (Å²) in [5, 5.41) is 0. The molecule has 1 amide bonds. The molecule has 2 N–H and O–H groups in total. The maximum atomic E-state index is 12.5. The number of ether oxygens (including phenoxy) is 2. The third-order valence-electron chi connectivity index (χ3n) is 6.95. The molecule has 2 bridgehead atoms. The fraction of sp³-hybridized carbons (Fsp3) is 0.500. The van der Waals surface area contributed by atoms with Crippen molar-refractivity contribution in [3.63, 3.8) is 0 Å². The predicted octanol–water partition coefficient (Wildman–Crippen LogP) is 2.17. The first-order valence-electron chi connectivity index (χ1n) is 8.23. The zero-order valence-corrected chi connectivity index (χ0v) is 14.0. The zero-order valence-electron chi connectivity index (χ0n) is 14.0. The topological polar surface area (TPSA) is 87.3 Å². The molecular formula is C18H19N3O3. The summed E-state index contributed by atoms with van der Waals surface area (Å²) in [4.78, 5) is 22.3. The number of rotatable bonds is 1. The standard InChI is InChI=1S/C18H19N3O3/c1-16(2)17(3)4-5-18(16,15(19)22)14-13(17)20-9-6-11-12(24-8-23-11)7-10(9)21-14/h6-7H,4-5,8H2,1-3H3,(H2,19,22). The highest BCUT2D eigenvalue weighted by atomic mass is 16.7. The van der Waals surface area contributed by atoms with Gasteiger partial charge in [-0.25, -0.2) is 9.97 Å². The lowest BCUT2D eigenvalue weighted by molar-refractivity contribution is -0.127. The summed E-state index contributed by atoms with van der Waals surface area (Å²) >= 11 is 0. The van der Waals surface area contributed by atoms with Crippen LogP contribution in [0, 0.1) is 5.41 Å². The van der Waals surface area contributed by atoms with Crippen molar-refractivity contribution in [2.24, 2.45) is 11.1 Å². The number of carbonyl (C=O) groups excluding carboxylic acids is 1. The van der Waals surface area contributed by atoms with E-state index < -0.39 is 5.41 Å². The van der Waals surface area contributed by atoms with Crippen LogP contribution in [0.4, 0.5) is 0 Å². The summed E-state index contributed by atoms with van der Waals surface area (Å²) < 4.78 is 10.9. The van der Waals surface area contributed by atoms with Crippen molar-refractivity contribution >= 4 is 16.9 Å². The first kappa shape index (κ1) is 14.0. The minimum absolute atomic E-state index is 0.210. The van der Waals surface area contributed by atoms with Gasteiger partial charge in [0, 0.05) is 17.5 Å². The van der Waals surface area contributed by atoms with Gasteiger partial charge in [-0.05, 0) is 18.3 Å². The van der Waals surface area contributed by atoms with Crippen molar-refractivity contribution in [1.29, 1.82) is 0 Å². The van der Waals surface area contributed by atoms with E-state index in [4.69, 9.17) is 25.2 Å². The van der Waals surface area contributed by atoms with Crippen molar-refractivity contribution in [2.75, 3.05) is 6.79 Å². The lowest BCUT2D eigenvalue weighted by atomic mass is 9.63. The Morgan fingerprint density at radius 1 is 1.04 bits per heavy atom. The minimum Gasteiger partial charge on any atom is -0.454 e. The molecule has 1 saturated carbocycles. The molecular weight excluding hydrogens is 306 g/mol. The van der Waals surface area contributed by atoms with E-state index in [9.17, 15) is 4.79 Å². The molecule has 0 saturated heterocycles. The SMILES string of the molecule is CC12CCC(C(N)=O)(c3nc4cc5c(cc4nc31)OCO5)C2(C)C. The van der Waals surface area contributed by atoms with Crippen LogP contribution in [0.5, 0.6) is 11.5 Å². The van der Waals surface area contributed by atoms with Gasteiger partial charge in [0.25, 0.3) is 0 Å². The monoisotopic (exact) mass is 325 g/mol. The molecule has 2 heterocycles. The fourth-order valence-electron chi connectivity index (χ4n) is 5.04. The Balaban J connectivity index is 1.87. The number of nitrogens with two attached hydrogens (primary N) is 1. The molecule has 2 atom stereocenters. The van der Waals surface area contributed by atoms with Crippen LogP contribution in [0.2, 0.25) is 0 Å². The second-order valence-corrected chi connectivity index (χ2v) is 7.84. The van der Waals surface area contributed by atoms with E-state index in [1.807, 2.05) is 12.1 Å². The smallest absolute Gasteiger partial charge is 0.231 e. The molecule has 1 aromatic carbocycles. The van der Waals surface area contributed by atoms with Crippen molar-refractivity contribution < 1.29 is 14.3 Å². The molecule has 6 heteroatoms. The quantitative estimate of drug-likeness (QED) is 0.868. The summed E-state index contributed by atoms with van der Waals surface area (Å²) in [6.07, 6.45) is 1.62. The van der Waals surface area contributed by atoms with Gasteiger partial charge in [0.05, 0.1) is 27.8 Å². The molecule has 1 aromatic heterocycles. The van der Waals surface area contributed by atoms with Crippen LogP contribution in [0.15, 0.2) is 12.1 Å². The molecule has 1 fully saturated rings. The Kier molecular flexibility index (Phi) is 2.23. The van der Waals surface area contributed by atoms with Crippen LogP contribution in [0.25, 0.3) is 11.0 Å². The highest BCUT2D eigenvalue weighted by molar-refractivity contribution is 5.92. The largest absolute Gasteiger partial charge is 0.454 e. The summed E-state index contributed by atoms with van der Waals surface area (Å²) in [6, 6.07) is 3.70. The maximum absolute atomic E-state index is 12.5. The Labute approximate surface area is 139 Å². The van der Waals surface area contributed by atoms with Crippen LogP contribution in [-0.2, 0) is 15.6 Å². The summed E-state index contributed by atoms with van der Waals surface area (Å²) in [6.45, 7) is 6.62. The molecule has 0 radical (unpaired) electrons. The third-order valence-corrected chi connectivity index (χ3v) is 6.95. The van der Waals surface area contributed by atoms with Gasteiger partial charge in [-0.3, -0.25) is 4.79 Å². The fourth-order valence-corrected chi connectivity index (χ4v) is 5.04. The first-order chi connectivity index (χ1) is 11.3. The van der Waals surface area contributed by atoms with E-state index in [0.717, 1.165) is 29.7 Å². The van der Waals surface area contributed by atoms with Gasteiger partial charge in [-0.15, -0.1) is 0 Å². The second kappa shape index (κ2) is 3.82. The van der Waals surface area contributed by atoms with E-state index in [0.29, 0.717) is 17.0 Å². The highest BCUT2D eigenvalue weighted by Crippen LogP contribution is 2.69. The number of aromatic nitrogens is 2. The van der Waals surface area contributed by atoms with Gasteiger partial charge in [0.2, 0.25) is 12.7 Å². The summed E-state index contributed by atoms with van der Waals surface area (Å²) in [5.41, 5.74) is 7.75. The van der Waals surface area contributed by atoms with Crippen LogP contribution < -0.4 is 15.2 Å². The lowest BCUT2D eigenvalue weighted by Crippen LogP contribution is -2.49. The molecule has 0 spiro atoms. The third kappa shape index (κ3) is 1.22. The van der Waals surface area contributed by atoms with E-state index in [2.05, 4.69) is 20.8 Å². The predicted molar refractivity (Wildman–Crippen MR) is 86.9 cm³/mol. The van der Waals surface area contributed by atoms with E-state index in [1.165, 1.54) is 0 Å². The number of hydrogen-bond acceptors (Lipinski definition) is 5. The van der Waals surface area contributed by atoms with Crippen LogP contribution in [0.3, 0.4) is 0 Å². The highest BCUT2D eigenvalue weighted by Gasteiger charge is 2.72. The van der Waals surface area contributed by atoms with Crippen molar-refractivity contribution in [2.45, 2.75) is 44.4 Å². The average molecular weight is 325 g/mol. The Morgan fingerprint density at radius 2 is 1.62 bits per heavy atom. The molecule has 124 valence electrons. The van der Waals surface area contributed by atoms with Gasteiger partial charge >= 0.3 is 0 Å².